The molecule has 4 aliphatic rings. The lowest BCUT2D eigenvalue weighted by atomic mass is 10.0. The largest absolute Gasteiger partial charge is 0.497 e. The van der Waals surface area contributed by atoms with Crippen LogP contribution in [0.1, 0.15) is 84.6 Å². The van der Waals surface area contributed by atoms with E-state index in [0.29, 0.717) is 25.3 Å². The molecule has 2 aliphatic carbocycles. The Morgan fingerprint density at radius 2 is 1.78 bits per heavy atom. The number of aromatic nitrogens is 2. The molecule has 4 aromatic rings. The van der Waals surface area contributed by atoms with Gasteiger partial charge in [-0.25, -0.2) is 8.42 Å². The van der Waals surface area contributed by atoms with Crippen molar-refractivity contribution in [3.05, 3.63) is 84.9 Å². The van der Waals surface area contributed by atoms with E-state index in [1.165, 1.54) is 0 Å². The Kier molecular flexibility index (Phi) is 11.0. The highest BCUT2D eigenvalue weighted by atomic mass is 32.2. The first-order valence-electron chi connectivity index (χ1n) is 20.8. The van der Waals surface area contributed by atoms with E-state index in [4.69, 9.17) is 14.5 Å². The number of nitrogens with zero attached hydrogens (tertiary/aromatic N) is 3. The van der Waals surface area contributed by atoms with Gasteiger partial charge >= 0.3 is 0 Å². The fourth-order valence-electron chi connectivity index (χ4n) is 8.53. The predicted molar refractivity (Wildman–Crippen MR) is 226 cm³/mol. The Balaban J connectivity index is 1.13. The van der Waals surface area contributed by atoms with Crippen molar-refractivity contribution in [2.24, 2.45) is 5.92 Å². The third-order valence-corrected chi connectivity index (χ3v) is 14.6. The minimum atomic E-state index is -3.97. The Morgan fingerprint density at radius 1 is 1.00 bits per heavy atom. The van der Waals surface area contributed by atoms with Crippen LogP contribution in [0.15, 0.2) is 84.9 Å². The second-order valence-corrected chi connectivity index (χ2v) is 19.2. The highest BCUT2D eigenvalue weighted by Gasteiger charge is 2.63. The van der Waals surface area contributed by atoms with E-state index in [1.807, 2.05) is 89.5 Å². The quantitative estimate of drug-likeness (QED) is 0.152. The van der Waals surface area contributed by atoms with Crippen LogP contribution in [-0.2, 0) is 24.4 Å². The third-order valence-electron chi connectivity index (χ3n) is 12.4. The summed E-state index contributed by atoms with van der Waals surface area (Å²) in [7, 11) is -2.33. The molecular weight excluding hydrogens is 769 g/mol. The number of nitrogens with one attached hydrogen (secondary N) is 3. The van der Waals surface area contributed by atoms with Gasteiger partial charge in [0.25, 0.3) is 11.9 Å². The maximum absolute atomic E-state index is 14.8. The Bertz CT molecular complexity index is 2380. The van der Waals surface area contributed by atoms with Crippen molar-refractivity contribution in [1.29, 1.82) is 0 Å². The highest BCUT2D eigenvalue weighted by molar-refractivity contribution is 7.91. The lowest BCUT2D eigenvalue weighted by molar-refractivity contribution is -0.140. The molecule has 0 spiro atoms. The van der Waals surface area contributed by atoms with Gasteiger partial charge in [0.1, 0.15) is 35.0 Å². The molecular formula is C45H54N6O7S. The summed E-state index contributed by atoms with van der Waals surface area (Å²) in [6.45, 7) is 5.82. The zero-order chi connectivity index (χ0) is 41.5. The van der Waals surface area contributed by atoms with E-state index < -0.39 is 56.2 Å². The zero-order valence-corrected chi connectivity index (χ0v) is 35.0. The molecule has 3 aromatic carbocycles. The van der Waals surface area contributed by atoms with Crippen molar-refractivity contribution in [3.63, 3.8) is 0 Å². The number of ether oxygens (including phenoxy) is 2. The number of sulfonamides is 1. The van der Waals surface area contributed by atoms with Gasteiger partial charge < -0.3 is 25.0 Å². The van der Waals surface area contributed by atoms with Crippen LogP contribution < -0.4 is 24.8 Å². The number of anilines is 1. The molecule has 3 N–H and O–H groups in total. The van der Waals surface area contributed by atoms with Crippen LogP contribution in [0.25, 0.3) is 22.2 Å². The van der Waals surface area contributed by atoms with E-state index in [2.05, 4.69) is 29.2 Å². The molecule has 3 heterocycles. The third kappa shape index (κ3) is 8.03. The van der Waals surface area contributed by atoms with Crippen molar-refractivity contribution in [1.82, 2.24) is 24.5 Å². The van der Waals surface area contributed by atoms with Crippen molar-refractivity contribution in [3.8, 4) is 22.9 Å². The average Bonchev–Trinajstić information content (AvgIpc) is 4.04. The summed E-state index contributed by atoms with van der Waals surface area (Å²) >= 11 is 0. The number of hydrogen-bond acceptors (Lipinski definition) is 9. The molecule has 0 bridgehead atoms. The van der Waals surface area contributed by atoms with Gasteiger partial charge in [0.15, 0.2) is 0 Å². The van der Waals surface area contributed by atoms with Gasteiger partial charge in [-0.1, -0.05) is 67.5 Å². The summed E-state index contributed by atoms with van der Waals surface area (Å²) in [6, 6.07) is 22.0. The number of fused-ring (bicyclic) bond motifs is 3. The topological polar surface area (TPSA) is 161 Å². The first-order valence-corrected chi connectivity index (χ1v) is 22.3. The summed E-state index contributed by atoms with van der Waals surface area (Å²) in [5, 5.41) is 6.43. The molecule has 2 aliphatic heterocycles. The number of methoxy groups -OCH3 is 1. The van der Waals surface area contributed by atoms with E-state index in [9.17, 15) is 22.8 Å². The molecule has 0 unspecified atom stereocenters. The second-order valence-electron chi connectivity index (χ2n) is 17.0. The molecule has 8 rings (SSSR count). The van der Waals surface area contributed by atoms with Crippen molar-refractivity contribution in [2.45, 2.75) is 113 Å². The molecule has 1 aromatic heterocycles. The first kappa shape index (κ1) is 40.4. The normalized spacial score (nSPS) is 26.2. The van der Waals surface area contributed by atoms with Crippen molar-refractivity contribution in [2.75, 3.05) is 19.0 Å². The Morgan fingerprint density at radius 3 is 2.53 bits per heavy atom. The molecule has 0 radical (unpaired) electrons. The maximum atomic E-state index is 14.8. The zero-order valence-electron chi connectivity index (χ0n) is 34.1. The van der Waals surface area contributed by atoms with Gasteiger partial charge in [-0.2, -0.15) is 4.98 Å². The van der Waals surface area contributed by atoms with Crippen LogP contribution in [0.4, 0.5) is 5.69 Å². The number of allylic oxidation sites excluding steroid dienone is 1. The number of carbonyl (C=O) groups is 3. The van der Waals surface area contributed by atoms with Crippen molar-refractivity contribution < 1.29 is 32.3 Å². The van der Waals surface area contributed by atoms with E-state index in [-0.39, 0.29) is 31.3 Å². The number of para-hydroxylation sites is 2. The molecule has 312 valence electrons. The lowest BCUT2D eigenvalue weighted by Crippen LogP contribution is -2.58. The summed E-state index contributed by atoms with van der Waals surface area (Å²) < 4.78 is 42.1. The first-order chi connectivity index (χ1) is 28.3. The summed E-state index contributed by atoms with van der Waals surface area (Å²) in [5.74, 6) is -1.20. The number of carbonyl (C=O) groups excluding carboxylic acids is 3. The van der Waals surface area contributed by atoms with Gasteiger partial charge in [-0.15, -0.1) is 0 Å². The van der Waals surface area contributed by atoms with Crippen LogP contribution in [-0.4, -0.2) is 82.7 Å². The van der Waals surface area contributed by atoms with Gasteiger partial charge in [-0.3, -0.25) is 23.7 Å². The monoisotopic (exact) mass is 822 g/mol. The van der Waals surface area contributed by atoms with Crippen LogP contribution >= 0.6 is 0 Å². The fraction of sp³-hybridized carbons (Fsp3) is 0.467. The minimum Gasteiger partial charge on any atom is -0.497 e. The molecule has 1 saturated heterocycles. The molecule has 3 fully saturated rings. The summed E-state index contributed by atoms with van der Waals surface area (Å²) in [6.07, 6.45) is 8.48. The van der Waals surface area contributed by atoms with Crippen LogP contribution in [0.2, 0.25) is 0 Å². The van der Waals surface area contributed by atoms with E-state index in [1.54, 1.807) is 18.9 Å². The lowest BCUT2D eigenvalue weighted by Gasteiger charge is -2.30. The number of imidazole rings is 1. The van der Waals surface area contributed by atoms with Crippen molar-refractivity contribution >= 4 is 44.5 Å². The van der Waals surface area contributed by atoms with Crippen LogP contribution in [0.5, 0.6) is 11.8 Å². The number of benzene rings is 3. The van der Waals surface area contributed by atoms with Crippen LogP contribution in [0.3, 0.4) is 0 Å². The Hall–Kier alpha value is -5.37. The second kappa shape index (κ2) is 16.0. The highest BCUT2D eigenvalue weighted by Crippen LogP contribution is 2.47. The summed E-state index contributed by atoms with van der Waals surface area (Å²) in [5.41, 5.74) is 2.78. The van der Waals surface area contributed by atoms with Gasteiger partial charge in [-0.05, 0) is 95.2 Å². The molecule has 2 saturated carbocycles. The number of hydrogen-bond donors (Lipinski definition) is 3. The van der Waals surface area contributed by atoms with E-state index in [0.717, 1.165) is 59.3 Å². The molecule has 59 heavy (non-hydrogen) atoms. The molecule has 14 heteroatoms. The van der Waals surface area contributed by atoms with Gasteiger partial charge in [0.2, 0.25) is 21.8 Å². The maximum Gasteiger partial charge on any atom is 0.297 e. The Labute approximate surface area is 346 Å². The number of amides is 3. The standard InChI is InChI=1S/C45H54N6O7S/c1-29(2)51-37-22-14-20-35(30-15-13-19-33(25-30)57-4)39(37)47-43(51)58-34-26-38-40(52)48-45(42(54)49-59(55,56)44(3)23-24-44)27-31(45)16-9-6-5-7-12-21-36(41(53)50(38)28-34)46-32-17-10-8-11-18-32/h8-11,13-20,22,25,29,31,34,36,38,46H,5-7,12,21,23-24,26-28H2,1-4H3,(H,48,52)(H,49,54)/b16-9-/t31-,34-,36+,38+,45-/m1/s1. The SMILES string of the molecule is COc1cccc(-c2cccc3c2nc(O[C@@H]2C[C@H]4C(=O)N[C@]5(C(=O)NS(=O)(=O)C6(C)CC6)C[C@H]5/C=C\CCCCC[C@H](Nc5ccccc5)C(=O)N4C2)n3C(C)C)c1. The van der Waals surface area contributed by atoms with E-state index >= 15 is 0 Å². The summed E-state index contributed by atoms with van der Waals surface area (Å²) in [4.78, 5) is 50.1. The molecule has 13 nitrogen and oxygen atoms in total. The van der Waals surface area contributed by atoms with Crippen LogP contribution in [0, 0.1) is 5.92 Å². The minimum absolute atomic E-state index is 0.0424. The smallest absolute Gasteiger partial charge is 0.297 e. The molecule has 5 atom stereocenters. The van der Waals surface area contributed by atoms with Gasteiger partial charge in [0, 0.05) is 29.6 Å². The average molecular weight is 823 g/mol. The number of rotatable bonds is 10. The fourth-order valence-corrected chi connectivity index (χ4v) is 9.84. The molecule has 3 amide bonds. The van der Waals surface area contributed by atoms with Gasteiger partial charge in [0.05, 0.1) is 23.9 Å². The predicted octanol–water partition coefficient (Wildman–Crippen LogP) is 6.52.